The molecule has 8 nitrogen and oxygen atoms in total. The lowest BCUT2D eigenvalue weighted by Crippen LogP contribution is -2.43. The minimum Gasteiger partial charge on any atom is -0.369 e. The molecule has 186 valence electrons. The Morgan fingerprint density at radius 1 is 0.743 bits per heavy atom. The van der Waals surface area contributed by atoms with Crippen molar-refractivity contribution >= 4 is 37.1 Å². The Balaban J connectivity index is 1.76. The summed E-state index contributed by atoms with van der Waals surface area (Å²) in [4.78, 5) is 2.40. The molecule has 3 aromatic rings. The molecule has 0 bridgehead atoms. The summed E-state index contributed by atoms with van der Waals surface area (Å²) in [5.74, 6) is 0. The summed E-state index contributed by atoms with van der Waals surface area (Å²) in [6.07, 6.45) is 0. The molecule has 0 radical (unpaired) electrons. The maximum absolute atomic E-state index is 13.4. The highest BCUT2D eigenvalue weighted by Crippen LogP contribution is 2.33. The van der Waals surface area contributed by atoms with E-state index in [2.05, 4.69) is 19.7 Å². The molecule has 35 heavy (non-hydrogen) atoms. The van der Waals surface area contributed by atoms with Gasteiger partial charge in [0.05, 0.1) is 21.2 Å². The van der Waals surface area contributed by atoms with E-state index >= 15 is 0 Å². The van der Waals surface area contributed by atoms with Gasteiger partial charge < -0.3 is 10.2 Å². The van der Waals surface area contributed by atoms with Crippen LogP contribution < -0.4 is 19.7 Å². The van der Waals surface area contributed by atoms with Gasteiger partial charge in [-0.2, -0.15) is 0 Å². The summed E-state index contributed by atoms with van der Waals surface area (Å²) in [5, 5.41) is 3.29. The van der Waals surface area contributed by atoms with E-state index < -0.39 is 20.0 Å². The van der Waals surface area contributed by atoms with E-state index in [-0.39, 0.29) is 21.2 Å². The Morgan fingerprint density at radius 3 is 1.97 bits per heavy atom. The van der Waals surface area contributed by atoms with E-state index in [9.17, 15) is 16.8 Å². The van der Waals surface area contributed by atoms with Crippen LogP contribution in [0.3, 0.4) is 0 Å². The number of nitrogens with one attached hydrogen (secondary N) is 3. The number of hydrogen-bond donors (Lipinski definition) is 3. The second kappa shape index (κ2) is 9.88. The fraction of sp³-hybridized carbons (Fsp3) is 0.280. The van der Waals surface area contributed by atoms with Crippen molar-refractivity contribution in [2.24, 2.45) is 0 Å². The van der Waals surface area contributed by atoms with Crippen molar-refractivity contribution in [1.29, 1.82) is 0 Å². The zero-order valence-electron chi connectivity index (χ0n) is 20.0. The predicted molar refractivity (Wildman–Crippen MR) is 140 cm³/mol. The van der Waals surface area contributed by atoms with Crippen LogP contribution >= 0.6 is 0 Å². The Bertz CT molecular complexity index is 1410. The van der Waals surface area contributed by atoms with Crippen molar-refractivity contribution in [2.45, 2.75) is 30.6 Å². The van der Waals surface area contributed by atoms with Crippen molar-refractivity contribution in [1.82, 2.24) is 5.32 Å². The Morgan fingerprint density at radius 2 is 1.34 bits per heavy atom. The van der Waals surface area contributed by atoms with E-state index in [0.29, 0.717) is 11.1 Å². The minimum absolute atomic E-state index is 0.0895. The first kappa shape index (κ1) is 25.0. The molecule has 1 fully saturated rings. The van der Waals surface area contributed by atoms with Crippen LogP contribution in [0.5, 0.6) is 0 Å². The largest absolute Gasteiger partial charge is 0.369 e. The lowest BCUT2D eigenvalue weighted by molar-refractivity contribution is 0.589. The molecule has 1 aliphatic rings. The average Bonchev–Trinajstić information content (AvgIpc) is 2.80. The summed E-state index contributed by atoms with van der Waals surface area (Å²) in [7, 11) is -7.92. The Hall–Kier alpha value is -3.08. The molecule has 0 unspecified atom stereocenters. The second-order valence-corrected chi connectivity index (χ2v) is 12.0. The molecule has 0 amide bonds. The third-order valence-corrected chi connectivity index (χ3v) is 8.95. The lowest BCUT2D eigenvalue weighted by Gasteiger charge is -2.30. The first-order valence-electron chi connectivity index (χ1n) is 11.3. The number of nitrogens with zero attached hydrogens (tertiary/aromatic N) is 1. The van der Waals surface area contributed by atoms with Crippen LogP contribution in [0, 0.1) is 20.8 Å². The second-order valence-electron chi connectivity index (χ2n) is 8.72. The number of aryl methyl sites for hydroxylation is 3. The fourth-order valence-electron chi connectivity index (χ4n) is 4.42. The molecule has 0 saturated carbocycles. The van der Waals surface area contributed by atoms with Crippen molar-refractivity contribution in [3.8, 4) is 0 Å². The van der Waals surface area contributed by atoms with Gasteiger partial charge in [0.15, 0.2) is 0 Å². The van der Waals surface area contributed by atoms with Gasteiger partial charge in [-0.25, -0.2) is 16.8 Å². The molecule has 10 heteroatoms. The van der Waals surface area contributed by atoms with Gasteiger partial charge in [0.2, 0.25) is 0 Å². The first-order chi connectivity index (χ1) is 16.6. The van der Waals surface area contributed by atoms with E-state index in [1.165, 1.54) is 12.1 Å². The molecular weight excluding hydrogens is 484 g/mol. The molecular formula is C25H30N4O4S2. The van der Waals surface area contributed by atoms with Crippen molar-refractivity contribution < 1.29 is 16.8 Å². The highest BCUT2D eigenvalue weighted by atomic mass is 32.2. The molecule has 3 N–H and O–H groups in total. The molecule has 1 saturated heterocycles. The van der Waals surface area contributed by atoms with Gasteiger partial charge in [-0.3, -0.25) is 9.44 Å². The van der Waals surface area contributed by atoms with Gasteiger partial charge in [-0.05, 0) is 62.2 Å². The van der Waals surface area contributed by atoms with Crippen LogP contribution in [0.4, 0.5) is 17.1 Å². The topological polar surface area (TPSA) is 108 Å². The van der Waals surface area contributed by atoms with E-state index in [0.717, 1.165) is 37.4 Å². The summed E-state index contributed by atoms with van der Waals surface area (Å²) in [6.45, 7) is 8.56. The van der Waals surface area contributed by atoms with Gasteiger partial charge in [0.1, 0.15) is 0 Å². The van der Waals surface area contributed by atoms with Crippen molar-refractivity contribution in [2.75, 3.05) is 40.5 Å². The van der Waals surface area contributed by atoms with E-state index in [4.69, 9.17) is 0 Å². The number of hydrogen-bond acceptors (Lipinski definition) is 6. The predicted octanol–water partition coefficient (Wildman–Crippen LogP) is 3.62. The third-order valence-electron chi connectivity index (χ3n) is 5.90. The molecule has 0 spiro atoms. The Labute approximate surface area is 207 Å². The first-order valence-corrected chi connectivity index (χ1v) is 14.3. The summed E-state index contributed by atoms with van der Waals surface area (Å²) < 4.78 is 58.3. The van der Waals surface area contributed by atoms with Gasteiger partial charge >= 0.3 is 0 Å². The highest BCUT2D eigenvalue weighted by molar-refractivity contribution is 7.93. The molecule has 0 aliphatic carbocycles. The molecule has 3 aromatic carbocycles. The zero-order valence-corrected chi connectivity index (χ0v) is 21.6. The van der Waals surface area contributed by atoms with Crippen molar-refractivity contribution in [3.63, 3.8) is 0 Å². The summed E-state index contributed by atoms with van der Waals surface area (Å²) in [5.41, 5.74) is 3.34. The van der Waals surface area contributed by atoms with Crippen LogP contribution in [0.15, 0.2) is 70.5 Å². The number of anilines is 3. The lowest BCUT2D eigenvalue weighted by atomic mass is 10.1. The smallest absolute Gasteiger partial charge is 0.262 e. The SMILES string of the molecule is Cc1cc(C)c(S(=O)(=O)Nc2ccc(N3CCNCC3)cc2NS(=O)(=O)c2ccccc2)c(C)c1. The molecule has 0 atom stereocenters. The number of sulfonamides is 2. The van der Waals surface area contributed by atoms with Crippen LogP contribution in [0.25, 0.3) is 0 Å². The van der Waals surface area contributed by atoms with Gasteiger partial charge in [-0.1, -0.05) is 35.9 Å². The van der Waals surface area contributed by atoms with E-state index in [1.54, 1.807) is 50.2 Å². The molecule has 0 aromatic heterocycles. The van der Waals surface area contributed by atoms with Crippen LogP contribution in [0.2, 0.25) is 0 Å². The maximum atomic E-state index is 13.4. The number of benzene rings is 3. The standard InChI is InChI=1S/C25H30N4O4S2/c1-18-15-19(2)25(20(3)16-18)35(32,33)27-23-10-9-21(29-13-11-26-12-14-29)17-24(23)28-34(30,31)22-7-5-4-6-8-22/h4-10,15-17,26-28H,11-14H2,1-3H3. The van der Waals surface area contributed by atoms with Gasteiger partial charge in [0.25, 0.3) is 20.0 Å². The number of piperazine rings is 1. The van der Waals surface area contributed by atoms with E-state index in [1.807, 2.05) is 19.1 Å². The minimum atomic E-state index is -3.98. The van der Waals surface area contributed by atoms with Gasteiger partial charge in [0, 0.05) is 31.9 Å². The summed E-state index contributed by atoms with van der Waals surface area (Å²) in [6, 6.07) is 16.7. The van der Waals surface area contributed by atoms with Crippen LogP contribution in [-0.4, -0.2) is 43.0 Å². The summed E-state index contributed by atoms with van der Waals surface area (Å²) >= 11 is 0. The molecule has 1 aliphatic heterocycles. The monoisotopic (exact) mass is 514 g/mol. The average molecular weight is 515 g/mol. The van der Waals surface area contributed by atoms with Gasteiger partial charge in [-0.15, -0.1) is 0 Å². The Kier molecular flexibility index (Phi) is 7.07. The third kappa shape index (κ3) is 5.61. The fourth-order valence-corrected chi connectivity index (χ4v) is 7.04. The van der Waals surface area contributed by atoms with Crippen LogP contribution in [0.1, 0.15) is 16.7 Å². The highest BCUT2D eigenvalue weighted by Gasteiger charge is 2.24. The molecule has 1 heterocycles. The maximum Gasteiger partial charge on any atom is 0.262 e. The van der Waals surface area contributed by atoms with Crippen LogP contribution in [-0.2, 0) is 20.0 Å². The number of rotatable bonds is 7. The zero-order chi connectivity index (χ0) is 25.2. The quantitative estimate of drug-likeness (QED) is 0.445. The van der Waals surface area contributed by atoms with Crippen molar-refractivity contribution in [3.05, 3.63) is 77.4 Å². The normalized spacial score (nSPS) is 14.5. The molecule has 4 rings (SSSR count).